The van der Waals surface area contributed by atoms with Crippen molar-refractivity contribution in [2.75, 3.05) is 6.61 Å². The third-order valence-corrected chi connectivity index (χ3v) is 1.98. The first-order valence-corrected chi connectivity index (χ1v) is 4.35. The molecule has 2 aromatic rings. The second-order valence-corrected chi connectivity index (χ2v) is 2.97. The van der Waals surface area contributed by atoms with Gasteiger partial charge in [-0.2, -0.15) is 0 Å². The number of rotatable bonds is 2. The lowest BCUT2D eigenvalue weighted by Gasteiger charge is -2.04. The molecule has 1 heterocycles. The van der Waals surface area contributed by atoms with Gasteiger partial charge in [0.15, 0.2) is 0 Å². The van der Waals surface area contributed by atoms with Gasteiger partial charge in [0.1, 0.15) is 5.75 Å². The van der Waals surface area contributed by atoms with Crippen LogP contribution in [0.2, 0.25) is 0 Å². The van der Waals surface area contributed by atoms with Gasteiger partial charge in [0.25, 0.3) is 5.52 Å². The van der Waals surface area contributed by atoms with Crippen LogP contribution in [0, 0.1) is 12.1 Å². The van der Waals surface area contributed by atoms with E-state index in [-0.39, 0.29) is 0 Å². The molecule has 0 saturated heterocycles. The number of hydrogen-bond donors (Lipinski definition) is 0. The van der Waals surface area contributed by atoms with Crippen LogP contribution in [0.4, 0.5) is 0 Å². The molecule has 0 N–H and O–H groups in total. The molecule has 74 valence electrons. The lowest BCUT2D eigenvalue weighted by atomic mass is 10.2. The minimum Gasteiger partial charge on any atom is -0.493 e. The third-order valence-electron chi connectivity index (χ3n) is 1.98. The van der Waals surface area contributed by atoms with Crippen molar-refractivity contribution in [1.82, 2.24) is 5.16 Å². The first-order valence-electron chi connectivity index (χ1n) is 4.35. The molecule has 0 saturated carbocycles. The summed E-state index contributed by atoms with van der Waals surface area (Å²) < 4.78 is 9.82. The van der Waals surface area contributed by atoms with Gasteiger partial charge < -0.3 is 9.94 Å². The summed E-state index contributed by atoms with van der Waals surface area (Å²) in [4.78, 5) is 0.387. The van der Waals surface area contributed by atoms with Crippen molar-refractivity contribution in [3.63, 3.8) is 0 Å². The summed E-state index contributed by atoms with van der Waals surface area (Å²) in [5.74, 6) is 0.730. The zero-order valence-electron chi connectivity index (χ0n) is 7.98. The number of aromatic nitrogens is 2. The van der Waals surface area contributed by atoms with E-state index in [1.165, 1.54) is 0 Å². The Balaban J connectivity index is 2.60. The Hall–Kier alpha value is -1.78. The number of aryl methyl sites for hydroxylation is 1. The largest absolute Gasteiger partial charge is 0.493 e. The SMILES string of the molecule is CCOc1cc2no[n+]([O-])c2cc1C. The number of fused-ring (bicyclic) bond motifs is 1. The van der Waals surface area contributed by atoms with Crippen molar-refractivity contribution < 1.29 is 14.3 Å². The summed E-state index contributed by atoms with van der Waals surface area (Å²) in [6.45, 7) is 4.36. The number of nitrogens with zero attached hydrogens (tertiary/aromatic N) is 2. The highest BCUT2D eigenvalue weighted by molar-refractivity contribution is 5.73. The smallest absolute Gasteiger partial charge is 0.252 e. The summed E-state index contributed by atoms with van der Waals surface area (Å²) >= 11 is 0. The van der Waals surface area contributed by atoms with Crippen LogP contribution < -0.4 is 9.64 Å². The van der Waals surface area contributed by atoms with Crippen molar-refractivity contribution in [2.24, 2.45) is 0 Å². The maximum absolute atomic E-state index is 11.0. The first-order chi connectivity index (χ1) is 6.72. The van der Waals surface area contributed by atoms with E-state index < -0.39 is 0 Å². The lowest BCUT2D eigenvalue weighted by molar-refractivity contribution is -0.782. The van der Waals surface area contributed by atoms with E-state index in [9.17, 15) is 5.21 Å². The Kier molecular flexibility index (Phi) is 1.99. The number of benzene rings is 1. The standard InChI is InChI=1S/C9H10N2O3/c1-3-13-9-5-7-8(4-6(9)2)11(12)14-10-7/h4-5H,3H2,1-2H3. The lowest BCUT2D eigenvalue weighted by Crippen LogP contribution is -2.22. The Morgan fingerprint density at radius 3 is 3.07 bits per heavy atom. The average molecular weight is 194 g/mol. The van der Waals surface area contributed by atoms with Crippen LogP contribution in [0.1, 0.15) is 12.5 Å². The van der Waals surface area contributed by atoms with Gasteiger partial charge in [-0.25, -0.2) is 0 Å². The molecule has 0 aliphatic heterocycles. The monoisotopic (exact) mass is 194 g/mol. The molecule has 1 aromatic heterocycles. The minimum atomic E-state index is 0.387. The molecule has 0 atom stereocenters. The predicted octanol–water partition coefficient (Wildman–Crippen LogP) is 1.17. The maximum Gasteiger partial charge on any atom is 0.252 e. The summed E-state index contributed by atoms with van der Waals surface area (Å²) in [6.07, 6.45) is 0. The highest BCUT2D eigenvalue weighted by Crippen LogP contribution is 2.22. The molecule has 0 amide bonds. The fourth-order valence-electron chi connectivity index (χ4n) is 1.32. The van der Waals surface area contributed by atoms with Crippen LogP contribution in [0.15, 0.2) is 16.8 Å². The third kappa shape index (κ3) is 1.26. The van der Waals surface area contributed by atoms with E-state index >= 15 is 0 Å². The van der Waals surface area contributed by atoms with E-state index in [2.05, 4.69) is 9.79 Å². The van der Waals surface area contributed by atoms with Crippen LogP contribution in [-0.2, 0) is 0 Å². The van der Waals surface area contributed by atoms with Gasteiger partial charge >= 0.3 is 0 Å². The summed E-state index contributed by atoms with van der Waals surface area (Å²) in [5.41, 5.74) is 1.83. The molecule has 0 unspecified atom stereocenters. The Morgan fingerprint density at radius 2 is 2.36 bits per heavy atom. The molecule has 0 spiro atoms. The first kappa shape index (κ1) is 8.80. The zero-order valence-corrected chi connectivity index (χ0v) is 7.98. The van der Waals surface area contributed by atoms with E-state index in [1.807, 2.05) is 13.8 Å². The van der Waals surface area contributed by atoms with Gasteiger partial charge in [-0.3, -0.25) is 4.63 Å². The van der Waals surface area contributed by atoms with Crippen molar-refractivity contribution in [3.8, 4) is 5.75 Å². The molecule has 0 radical (unpaired) electrons. The van der Waals surface area contributed by atoms with Gasteiger partial charge in [-0.1, -0.05) is 0 Å². The van der Waals surface area contributed by atoms with E-state index in [0.717, 1.165) is 11.3 Å². The molecule has 5 heteroatoms. The van der Waals surface area contributed by atoms with Gasteiger partial charge in [0.05, 0.1) is 6.61 Å². The van der Waals surface area contributed by atoms with Crippen LogP contribution in [0.5, 0.6) is 5.75 Å². The minimum absolute atomic E-state index is 0.387. The number of hydrogen-bond acceptors (Lipinski definition) is 4. The quantitative estimate of drug-likeness (QED) is 0.673. The fourth-order valence-corrected chi connectivity index (χ4v) is 1.32. The fraction of sp³-hybridized carbons (Fsp3) is 0.333. The maximum atomic E-state index is 11.0. The molecule has 14 heavy (non-hydrogen) atoms. The summed E-state index contributed by atoms with van der Waals surface area (Å²) in [5, 5.41) is 14.6. The van der Waals surface area contributed by atoms with Crippen molar-refractivity contribution in [3.05, 3.63) is 22.9 Å². The molecular weight excluding hydrogens is 184 g/mol. The molecule has 0 aliphatic rings. The summed E-state index contributed by atoms with van der Waals surface area (Å²) in [7, 11) is 0. The summed E-state index contributed by atoms with van der Waals surface area (Å²) in [6, 6.07) is 3.40. The highest BCUT2D eigenvalue weighted by atomic mass is 16.8. The van der Waals surface area contributed by atoms with Gasteiger partial charge in [-0.05, 0) is 24.3 Å². The predicted molar refractivity (Wildman–Crippen MR) is 48.9 cm³/mol. The second-order valence-electron chi connectivity index (χ2n) is 2.97. The van der Waals surface area contributed by atoms with Crippen molar-refractivity contribution >= 4 is 11.0 Å². The Labute approximate surface area is 80.4 Å². The van der Waals surface area contributed by atoms with Crippen LogP contribution in [0.25, 0.3) is 11.0 Å². The van der Waals surface area contributed by atoms with E-state index in [1.54, 1.807) is 12.1 Å². The van der Waals surface area contributed by atoms with Crippen molar-refractivity contribution in [2.45, 2.75) is 13.8 Å². The molecule has 0 fully saturated rings. The van der Waals surface area contributed by atoms with Gasteiger partial charge in [-0.15, -0.1) is 0 Å². The van der Waals surface area contributed by atoms with Gasteiger partial charge in [0.2, 0.25) is 5.52 Å². The Morgan fingerprint density at radius 1 is 1.57 bits per heavy atom. The molecule has 0 bridgehead atoms. The highest BCUT2D eigenvalue weighted by Gasteiger charge is 2.12. The normalized spacial score (nSPS) is 10.7. The molecule has 2 rings (SSSR count). The molecular formula is C9H10N2O3. The molecule has 1 aromatic carbocycles. The Bertz CT molecular complexity index is 464. The molecule has 5 nitrogen and oxygen atoms in total. The number of ether oxygens (including phenoxy) is 1. The van der Waals surface area contributed by atoms with Crippen molar-refractivity contribution in [1.29, 1.82) is 0 Å². The van der Waals surface area contributed by atoms with Crippen LogP contribution in [0.3, 0.4) is 0 Å². The topological polar surface area (TPSA) is 62.2 Å². The van der Waals surface area contributed by atoms with E-state index in [0.29, 0.717) is 22.5 Å². The molecule has 0 aliphatic carbocycles. The average Bonchev–Trinajstić information content (AvgIpc) is 2.50. The van der Waals surface area contributed by atoms with E-state index in [4.69, 9.17) is 4.74 Å². The van der Waals surface area contributed by atoms with Gasteiger partial charge in [0, 0.05) is 17.3 Å². The van der Waals surface area contributed by atoms with Crippen LogP contribution in [-0.4, -0.2) is 11.8 Å². The zero-order chi connectivity index (χ0) is 10.1. The second kappa shape index (κ2) is 3.17. The van der Waals surface area contributed by atoms with Crippen LogP contribution >= 0.6 is 0 Å².